The van der Waals surface area contributed by atoms with E-state index in [2.05, 4.69) is 28.9 Å². The van der Waals surface area contributed by atoms with Crippen LogP contribution in [0.5, 0.6) is 0 Å². The van der Waals surface area contributed by atoms with Gasteiger partial charge in [-0.1, -0.05) is 11.6 Å². The normalized spacial score (nSPS) is 16.7. The van der Waals surface area contributed by atoms with Gasteiger partial charge in [-0.05, 0) is 26.2 Å². The number of amides is 1. The van der Waals surface area contributed by atoms with Crippen molar-refractivity contribution in [3.63, 3.8) is 0 Å². The highest BCUT2D eigenvalue weighted by molar-refractivity contribution is 6.29. The number of halogens is 1. The van der Waals surface area contributed by atoms with Gasteiger partial charge in [0.1, 0.15) is 5.15 Å². The molecule has 0 radical (unpaired) electrons. The van der Waals surface area contributed by atoms with Gasteiger partial charge < -0.3 is 9.80 Å². The number of rotatable bonds is 4. The fourth-order valence-electron chi connectivity index (χ4n) is 2.20. The number of carbonyl (C=O) groups excluding carboxylic acids is 1. The summed E-state index contributed by atoms with van der Waals surface area (Å²) in [7, 11) is 4.15. The highest BCUT2D eigenvalue weighted by Crippen LogP contribution is 2.10. The minimum atomic E-state index is 0.0430. The van der Waals surface area contributed by atoms with Crippen LogP contribution in [0, 0.1) is 0 Å². The number of aromatic nitrogens is 1. The second-order valence-corrected chi connectivity index (χ2v) is 5.69. The Bertz CT molecular complexity index is 441. The molecule has 20 heavy (non-hydrogen) atoms. The van der Waals surface area contributed by atoms with Gasteiger partial charge in [0.2, 0.25) is 0 Å². The third-order valence-electron chi connectivity index (χ3n) is 3.50. The molecule has 1 aliphatic rings. The quantitative estimate of drug-likeness (QED) is 0.779. The van der Waals surface area contributed by atoms with Crippen molar-refractivity contribution in [1.82, 2.24) is 19.7 Å². The smallest absolute Gasteiger partial charge is 0.255 e. The fraction of sp³-hybridized carbons (Fsp3) is 0.571. The molecule has 0 aromatic carbocycles. The van der Waals surface area contributed by atoms with Crippen molar-refractivity contribution in [2.24, 2.45) is 0 Å². The Hall–Kier alpha value is -1.17. The van der Waals surface area contributed by atoms with E-state index in [1.807, 2.05) is 4.90 Å². The van der Waals surface area contributed by atoms with E-state index in [1.54, 1.807) is 18.3 Å². The summed E-state index contributed by atoms with van der Waals surface area (Å²) in [6.45, 7) is 5.51. The summed E-state index contributed by atoms with van der Waals surface area (Å²) in [5.41, 5.74) is 0.608. The van der Waals surface area contributed by atoms with Crippen LogP contribution in [0.2, 0.25) is 5.15 Å². The van der Waals surface area contributed by atoms with E-state index in [4.69, 9.17) is 11.6 Å². The van der Waals surface area contributed by atoms with Crippen molar-refractivity contribution in [3.05, 3.63) is 29.0 Å². The summed E-state index contributed by atoms with van der Waals surface area (Å²) in [6.07, 6.45) is 1.54. The molecule has 0 atom stereocenters. The molecule has 2 rings (SSSR count). The highest BCUT2D eigenvalue weighted by Gasteiger charge is 2.22. The van der Waals surface area contributed by atoms with Crippen LogP contribution in [0.1, 0.15) is 10.4 Å². The number of likely N-dealkylation sites (N-methyl/N-ethyl adjacent to an activating group) is 1. The van der Waals surface area contributed by atoms with E-state index in [0.29, 0.717) is 10.7 Å². The molecule has 2 heterocycles. The summed E-state index contributed by atoms with van der Waals surface area (Å²) in [4.78, 5) is 22.7. The second-order valence-electron chi connectivity index (χ2n) is 5.31. The van der Waals surface area contributed by atoms with Crippen LogP contribution in [0.15, 0.2) is 18.3 Å². The van der Waals surface area contributed by atoms with E-state index in [1.165, 1.54) is 0 Å². The lowest BCUT2D eigenvalue weighted by Gasteiger charge is -2.35. The number of nitrogens with zero attached hydrogens (tertiary/aromatic N) is 4. The predicted molar refractivity (Wildman–Crippen MR) is 80.1 cm³/mol. The molecule has 0 aliphatic carbocycles. The lowest BCUT2D eigenvalue weighted by molar-refractivity contribution is 0.0629. The largest absolute Gasteiger partial charge is 0.336 e. The van der Waals surface area contributed by atoms with Crippen LogP contribution in [0.25, 0.3) is 0 Å². The molecule has 5 nitrogen and oxygen atoms in total. The Balaban J connectivity index is 1.84. The average molecular weight is 297 g/mol. The zero-order valence-corrected chi connectivity index (χ0v) is 12.8. The van der Waals surface area contributed by atoms with Crippen LogP contribution < -0.4 is 0 Å². The monoisotopic (exact) mass is 296 g/mol. The van der Waals surface area contributed by atoms with Crippen LogP contribution in [-0.2, 0) is 0 Å². The van der Waals surface area contributed by atoms with Crippen LogP contribution in [0.4, 0.5) is 0 Å². The van der Waals surface area contributed by atoms with Gasteiger partial charge in [-0.2, -0.15) is 0 Å². The maximum Gasteiger partial charge on any atom is 0.255 e. The Morgan fingerprint density at radius 1 is 1.30 bits per heavy atom. The first-order valence-corrected chi connectivity index (χ1v) is 7.22. The van der Waals surface area contributed by atoms with E-state index >= 15 is 0 Å². The molecule has 110 valence electrons. The highest BCUT2D eigenvalue weighted by atomic mass is 35.5. The SMILES string of the molecule is CN(C)CCN1CCN(C(=O)c2ccc(Cl)nc2)CC1. The van der Waals surface area contributed by atoms with Gasteiger partial charge in [-0.25, -0.2) is 4.98 Å². The molecule has 1 fully saturated rings. The third-order valence-corrected chi connectivity index (χ3v) is 3.72. The second kappa shape index (κ2) is 7.02. The molecule has 1 aromatic heterocycles. The molecule has 1 amide bonds. The first kappa shape index (κ1) is 15.2. The molecule has 0 unspecified atom stereocenters. The average Bonchev–Trinajstić information content (AvgIpc) is 2.46. The van der Waals surface area contributed by atoms with Gasteiger partial charge >= 0.3 is 0 Å². The zero-order valence-electron chi connectivity index (χ0n) is 12.0. The van der Waals surface area contributed by atoms with E-state index in [-0.39, 0.29) is 5.91 Å². The molecule has 1 aliphatic heterocycles. The maximum absolute atomic E-state index is 12.3. The van der Waals surface area contributed by atoms with Crippen molar-refractivity contribution in [2.45, 2.75) is 0 Å². The minimum Gasteiger partial charge on any atom is -0.336 e. The Morgan fingerprint density at radius 2 is 2.00 bits per heavy atom. The Labute approximate surface area is 125 Å². The topological polar surface area (TPSA) is 39.7 Å². The molecule has 1 aromatic rings. The van der Waals surface area contributed by atoms with Crippen LogP contribution >= 0.6 is 11.6 Å². The molecular weight excluding hydrogens is 276 g/mol. The van der Waals surface area contributed by atoms with Gasteiger partial charge in [0.05, 0.1) is 5.56 Å². The molecule has 0 saturated carbocycles. The van der Waals surface area contributed by atoms with Crippen molar-refractivity contribution in [1.29, 1.82) is 0 Å². The van der Waals surface area contributed by atoms with E-state index < -0.39 is 0 Å². The van der Waals surface area contributed by atoms with Crippen LogP contribution in [-0.4, -0.2) is 79.0 Å². The molecule has 0 bridgehead atoms. The van der Waals surface area contributed by atoms with Crippen LogP contribution in [0.3, 0.4) is 0 Å². The van der Waals surface area contributed by atoms with Crippen molar-refractivity contribution >= 4 is 17.5 Å². The zero-order chi connectivity index (χ0) is 14.5. The molecule has 6 heteroatoms. The van der Waals surface area contributed by atoms with E-state index in [0.717, 1.165) is 39.3 Å². The lowest BCUT2D eigenvalue weighted by atomic mass is 10.2. The fourth-order valence-corrected chi connectivity index (χ4v) is 2.31. The van der Waals surface area contributed by atoms with Crippen molar-refractivity contribution < 1.29 is 4.79 Å². The first-order valence-electron chi connectivity index (χ1n) is 6.84. The number of piperazine rings is 1. The molecule has 0 N–H and O–H groups in total. The predicted octanol–water partition coefficient (Wildman–Crippen LogP) is 1.05. The van der Waals surface area contributed by atoms with Gasteiger partial charge in [-0.3, -0.25) is 9.69 Å². The number of hydrogen-bond donors (Lipinski definition) is 0. The molecule has 1 saturated heterocycles. The lowest BCUT2D eigenvalue weighted by Crippen LogP contribution is -2.50. The van der Waals surface area contributed by atoms with Crippen molar-refractivity contribution in [3.8, 4) is 0 Å². The van der Waals surface area contributed by atoms with E-state index in [9.17, 15) is 4.79 Å². The first-order chi connectivity index (χ1) is 9.56. The minimum absolute atomic E-state index is 0.0430. The van der Waals surface area contributed by atoms with Gasteiger partial charge in [-0.15, -0.1) is 0 Å². The summed E-state index contributed by atoms with van der Waals surface area (Å²) >= 11 is 5.73. The number of carbonyl (C=O) groups is 1. The standard InChI is InChI=1S/C14H21ClN4O/c1-17(2)5-6-18-7-9-19(10-8-18)14(20)12-3-4-13(15)16-11-12/h3-4,11H,5-10H2,1-2H3. The van der Waals surface area contributed by atoms with Gasteiger partial charge in [0, 0.05) is 45.5 Å². The maximum atomic E-state index is 12.3. The van der Waals surface area contributed by atoms with Gasteiger partial charge in [0.15, 0.2) is 0 Å². The Kier molecular flexibility index (Phi) is 5.34. The molecular formula is C14H21ClN4O. The third kappa shape index (κ3) is 4.16. The summed E-state index contributed by atoms with van der Waals surface area (Å²) in [6, 6.07) is 3.39. The molecule has 0 spiro atoms. The summed E-state index contributed by atoms with van der Waals surface area (Å²) < 4.78 is 0. The summed E-state index contributed by atoms with van der Waals surface area (Å²) in [5.74, 6) is 0.0430. The Morgan fingerprint density at radius 3 is 2.55 bits per heavy atom. The number of hydrogen-bond acceptors (Lipinski definition) is 4. The van der Waals surface area contributed by atoms with Crippen molar-refractivity contribution in [2.75, 3.05) is 53.4 Å². The van der Waals surface area contributed by atoms with Gasteiger partial charge in [0.25, 0.3) is 5.91 Å². The summed E-state index contributed by atoms with van der Waals surface area (Å²) in [5, 5.41) is 0.412. The number of pyridine rings is 1.